The number of rotatable bonds is 6. The summed E-state index contributed by atoms with van der Waals surface area (Å²) in [6.07, 6.45) is -3.22. The Kier molecular flexibility index (Phi) is 6.71. The summed E-state index contributed by atoms with van der Waals surface area (Å²) in [4.78, 5) is 26.4. The van der Waals surface area contributed by atoms with Gasteiger partial charge in [0.2, 0.25) is 0 Å². The van der Waals surface area contributed by atoms with E-state index in [0.717, 1.165) is 0 Å². The predicted octanol–water partition coefficient (Wildman–Crippen LogP) is 2.74. The van der Waals surface area contributed by atoms with E-state index < -0.39 is 18.6 Å². The summed E-state index contributed by atoms with van der Waals surface area (Å²) >= 11 is 0. The number of benzene rings is 1. The Hall–Kier alpha value is -3.24. The van der Waals surface area contributed by atoms with Gasteiger partial charge in [-0.1, -0.05) is 0 Å². The third kappa shape index (κ3) is 5.47. The second-order valence-corrected chi connectivity index (χ2v) is 7.14. The fraction of sp³-hybridized carbons (Fsp3) is 0.450. The molecule has 2 heterocycles. The Morgan fingerprint density at radius 2 is 1.84 bits per heavy atom. The van der Waals surface area contributed by atoms with E-state index in [1.807, 2.05) is 0 Å². The van der Waals surface area contributed by atoms with Crippen molar-refractivity contribution in [3.05, 3.63) is 41.2 Å². The Labute approximate surface area is 176 Å². The summed E-state index contributed by atoms with van der Waals surface area (Å²) in [6.45, 7) is -0.427. The van der Waals surface area contributed by atoms with Crippen LogP contribution in [-0.4, -0.2) is 66.9 Å². The molecule has 0 atom stereocenters. The zero-order valence-corrected chi connectivity index (χ0v) is 17.1. The van der Waals surface area contributed by atoms with Crippen molar-refractivity contribution in [3.8, 4) is 11.5 Å². The average Bonchev–Trinajstić information content (AvgIpc) is 3.26. The van der Waals surface area contributed by atoms with Crippen LogP contribution in [0.25, 0.3) is 0 Å². The van der Waals surface area contributed by atoms with Crippen LogP contribution in [0.1, 0.15) is 45.3 Å². The summed E-state index contributed by atoms with van der Waals surface area (Å²) in [5.41, 5.74) is 1.06. The van der Waals surface area contributed by atoms with Crippen molar-refractivity contribution >= 4 is 11.8 Å². The van der Waals surface area contributed by atoms with Crippen molar-refractivity contribution in [3.63, 3.8) is 0 Å². The van der Waals surface area contributed by atoms with Crippen LogP contribution in [0.15, 0.2) is 24.3 Å². The summed E-state index contributed by atoms with van der Waals surface area (Å²) < 4.78 is 47.2. The van der Waals surface area contributed by atoms with Gasteiger partial charge in [-0.25, -0.2) is 0 Å². The van der Waals surface area contributed by atoms with Gasteiger partial charge in [-0.15, -0.1) is 0 Å². The first kappa shape index (κ1) is 22.4. The minimum absolute atomic E-state index is 0.0196. The second-order valence-electron chi connectivity index (χ2n) is 7.14. The molecule has 1 saturated heterocycles. The van der Waals surface area contributed by atoms with Crippen LogP contribution in [0.2, 0.25) is 0 Å². The maximum absolute atomic E-state index is 12.8. The summed E-state index contributed by atoms with van der Waals surface area (Å²) in [5, 5.41) is 8.34. The van der Waals surface area contributed by atoms with Crippen LogP contribution < -0.4 is 14.8 Å². The van der Waals surface area contributed by atoms with Crippen molar-refractivity contribution < 1.29 is 32.2 Å². The van der Waals surface area contributed by atoms with Crippen LogP contribution in [-0.2, 0) is 0 Å². The van der Waals surface area contributed by atoms with Crippen LogP contribution in [0.5, 0.6) is 11.5 Å². The number of hydrogen-bond acceptors (Lipinski definition) is 5. The number of amides is 2. The highest BCUT2D eigenvalue weighted by Gasteiger charge is 2.29. The van der Waals surface area contributed by atoms with Gasteiger partial charge in [0.05, 0.1) is 14.2 Å². The predicted molar refractivity (Wildman–Crippen MR) is 104 cm³/mol. The van der Waals surface area contributed by atoms with Gasteiger partial charge in [-0.2, -0.15) is 18.3 Å². The number of piperidine rings is 1. The average molecular weight is 440 g/mol. The fourth-order valence-electron chi connectivity index (χ4n) is 3.48. The van der Waals surface area contributed by atoms with E-state index in [2.05, 4.69) is 10.2 Å². The van der Waals surface area contributed by atoms with Gasteiger partial charge in [-0.3, -0.25) is 14.7 Å². The lowest BCUT2D eigenvalue weighted by Gasteiger charge is -2.31. The Morgan fingerprint density at radius 3 is 2.45 bits per heavy atom. The lowest BCUT2D eigenvalue weighted by atomic mass is 9.93. The van der Waals surface area contributed by atoms with E-state index >= 15 is 0 Å². The third-order valence-corrected chi connectivity index (χ3v) is 5.13. The van der Waals surface area contributed by atoms with Crippen molar-refractivity contribution in [1.82, 2.24) is 20.4 Å². The number of nitrogens with zero attached hydrogens (tertiary/aromatic N) is 2. The van der Waals surface area contributed by atoms with Gasteiger partial charge in [0.25, 0.3) is 11.8 Å². The van der Waals surface area contributed by atoms with Gasteiger partial charge in [0.1, 0.15) is 12.2 Å². The first-order chi connectivity index (χ1) is 14.7. The molecule has 1 aliphatic rings. The first-order valence-electron chi connectivity index (χ1n) is 9.63. The number of aromatic nitrogens is 2. The van der Waals surface area contributed by atoms with Crippen LogP contribution in [0, 0.1) is 0 Å². The zero-order valence-electron chi connectivity index (χ0n) is 17.1. The number of carbonyl (C=O) groups is 2. The SMILES string of the molecule is COc1ccc(C(=O)N2CCC(c3cc(C(=O)NCC(F)(F)F)n[nH]3)CC2)cc1OC. The number of aromatic amines is 1. The van der Waals surface area contributed by atoms with Gasteiger partial charge in [0.15, 0.2) is 11.5 Å². The molecule has 0 aliphatic carbocycles. The highest BCUT2D eigenvalue weighted by atomic mass is 19.4. The molecule has 11 heteroatoms. The van der Waals surface area contributed by atoms with Gasteiger partial charge in [0, 0.05) is 30.3 Å². The lowest BCUT2D eigenvalue weighted by Crippen LogP contribution is -2.38. The minimum Gasteiger partial charge on any atom is -0.493 e. The summed E-state index contributed by atoms with van der Waals surface area (Å²) in [5.74, 6) is 0.00680. The molecule has 31 heavy (non-hydrogen) atoms. The molecule has 0 saturated carbocycles. The molecule has 2 N–H and O–H groups in total. The maximum atomic E-state index is 12.8. The van der Waals surface area contributed by atoms with E-state index in [0.29, 0.717) is 48.7 Å². The monoisotopic (exact) mass is 440 g/mol. The summed E-state index contributed by atoms with van der Waals surface area (Å²) in [6, 6.07) is 6.45. The largest absolute Gasteiger partial charge is 0.493 e. The Bertz CT molecular complexity index is 937. The number of halogens is 3. The van der Waals surface area contributed by atoms with E-state index in [1.54, 1.807) is 28.4 Å². The molecular weight excluding hydrogens is 417 g/mol. The van der Waals surface area contributed by atoms with E-state index in [9.17, 15) is 22.8 Å². The number of H-pyrrole nitrogens is 1. The van der Waals surface area contributed by atoms with Crippen LogP contribution in [0.3, 0.4) is 0 Å². The standard InChI is InChI=1S/C20H23F3N4O4/c1-30-16-4-3-13(9-17(16)31-2)19(29)27-7-5-12(6-8-27)14-10-15(26-25-14)18(28)24-11-20(21,22)23/h3-4,9-10,12H,5-8,11H2,1-2H3,(H,24,28)(H,25,26). The number of likely N-dealkylation sites (tertiary alicyclic amines) is 1. The molecule has 168 valence electrons. The fourth-order valence-corrected chi connectivity index (χ4v) is 3.48. The minimum atomic E-state index is -4.48. The summed E-state index contributed by atoms with van der Waals surface area (Å²) in [7, 11) is 3.02. The van der Waals surface area contributed by atoms with Gasteiger partial charge < -0.3 is 19.7 Å². The molecule has 0 radical (unpaired) electrons. The molecule has 0 unspecified atom stereocenters. The van der Waals surface area contributed by atoms with Gasteiger partial charge in [-0.05, 0) is 37.1 Å². The molecule has 1 aliphatic heterocycles. The Morgan fingerprint density at radius 1 is 1.16 bits per heavy atom. The van der Waals surface area contributed by atoms with E-state index in [4.69, 9.17) is 9.47 Å². The van der Waals surface area contributed by atoms with Crippen LogP contribution in [0.4, 0.5) is 13.2 Å². The molecule has 3 rings (SSSR count). The molecule has 1 aromatic heterocycles. The number of carbonyl (C=O) groups excluding carboxylic acids is 2. The number of ether oxygens (including phenoxy) is 2. The number of nitrogens with one attached hydrogen (secondary N) is 2. The Balaban J connectivity index is 1.58. The van der Waals surface area contributed by atoms with Crippen molar-refractivity contribution in [2.24, 2.45) is 0 Å². The number of methoxy groups -OCH3 is 2. The van der Waals surface area contributed by atoms with Gasteiger partial charge >= 0.3 is 6.18 Å². The smallest absolute Gasteiger partial charge is 0.405 e. The van der Waals surface area contributed by atoms with Crippen molar-refractivity contribution in [1.29, 1.82) is 0 Å². The molecule has 8 nitrogen and oxygen atoms in total. The van der Waals surface area contributed by atoms with Crippen molar-refractivity contribution in [2.45, 2.75) is 24.9 Å². The highest BCUT2D eigenvalue weighted by molar-refractivity contribution is 5.95. The maximum Gasteiger partial charge on any atom is 0.405 e. The normalized spacial score (nSPS) is 14.9. The van der Waals surface area contributed by atoms with E-state index in [-0.39, 0.29) is 17.5 Å². The molecule has 2 amide bonds. The molecule has 1 aromatic carbocycles. The van der Waals surface area contributed by atoms with Crippen molar-refractivity contribution in [2.75, 3.05) is 33.9 Å². The quantitative estimate of drug-likeness (QED) is 0.720. The van der Waals surface area contributed by atoms with E-state index in [1.165, 1.54) is 20.3 Å². The molecular formula is C20H23F3N4O4. The molecule has 2 aromatic rings. The molecule has 1 fully saturated rings. The second kappa shape index (κ2) is 9.27. The first-order valence-corrected chi connectivity index (χ1v) is 9.63. The number of alkyl halides is 3. The van der Waals surface area contributed by atoms with Crippen LogP contribution >= 0.6 is 0 Å². The molecule has 0 bridgehead atoms. The lowest BCUT2D eigenvalue weighted by molar-refractivity contribution is -0.123. The third-order valence-electron chi connectivity index (χ3n) is 5.13. The topological polar surface area (TPSA) is 96.5 Å². The zero-order chi connectivity index (χ0) is 22.6. The molecule has 0 spiro atoms. The number of hydrogen-bond donors (Lipinski definition) is 2. The highest BCUT2D eigenvalue weighted by Crippen LogP contribution is 2.30.